The number of ketones is 2. The predicted octanol–water partition coefficient (Wildman–Crippen LogP) is 6.59. The van der Waals surface area contributed by atoms with Crippen molar-refractivity contribution in [2.24, 2.45) is 11.8 Å². The third-order valence-corrected chi connectivity index (χ3v) is 10.5. The minimum Gasteiger partial charge on any atom is -0.507 e. The number of carbonyl (C=O) groups is 2. The molecule has 1 unspecified atom stereocenters. The van der Waals surface area contributed by atoms with Gasteiger partial charge in [0.15, 0.2) is 11.4 Å². The molecule has 1 heterocycles. The molecular weight excluding hydrogens is 664 g/mol. The molecule has 1 saturated carbocycles. The highest BCUT2D eigenvalue weighted by molar-refractivity contribution is 6.26. The Morgan fingerprint density at radius 1 is 0.942 bits per heavy atom. The summed E-state index contributed by atoms with van der Waals surface area (Å²) < 4.78 is 30.4. The molecule has 1 fully saturated rings. The van der Waals surface area contributed by atoms with Gasteiger partial charge in [-0.3, -0.25) is 14.5 Å². The molecule has 1 aromatic heterocycles. The number of aromatic nitrogens is 1. The van der Waals surface area contributed by atoms with Gasteiger partial charge in [0.2, 0.25) is 11.6 Å². The molecule has 11 nitrogen and oxygen atoms in total. The SMILES string of the molecule is COC(C)c1cc(OCc2ccccc2)c2c(c1OC(C)C)C[C@H]1C[C@H]3[C@H](N(C)C)c4onc(OCc5ccccc5)c4C(=O)[C@@]3(O)C(=O)C1=C2O. The molecule has 2 N–H and O–H groups in total. The van der Waals surface area contributed by atoms with Crippen molar-refractivity contribution in [3.05, 3.63) is 111 Å². The third-order valence-electron chi connectivity index (χ3n) is 10.5. The van der Waals surface area contributed by atoms with Crippen LogP contribution < -0.4 is 14.2 Å². The summed E-state index contributed by atoms with van der Waals surface area (Å²) in [5.74, 6) is -2.54. The summed E-state index contributed by atoms with van der Waals surface area (Å²) in [6.07, 6.45) is -0.141. The van der Waals surface area contributed by atoms with Crippen LogP contribution in [0, 0.1) is 11.8 Å². The highest BCUT2D eigenvalue weighted by Gasteiger charge is 2.65. The molecule has 11 heteroatoms. The van der Waals surface area contributed by atoms with Crippen LogP contribution in [-0.4, -0.2) is 64.7 Å². The number of nitrogens with zero attached hydrogens (tertiary/aromatic N) is 2. The van der Waals surface area contributed by atoms with Crippen LogP contribution >= 0.6 is 0 Å². The summed E-state index contributed by atoms with van der Waals surface area (Å²) in [6, 6.07) is 20.0. The monoisotopic (exact) mass is 708 g/mol. The summed E-state index contributed by atoms with van der Waals surface area (Å²) >= 11 is 0. The molecule has 0 amide bonds. The average Bonchev–Trinajstić information content (AvgIpc) is 3.55. The zero-order valence-corrected chi connectivity index (χ0v) is 30.2. The van der Waals surface area contributed by atoms with E-state index >= 15 is 0 Å². The molecule has 7 rings (SSSR count). The van der Waals surface area contributed by atoms with E-state index in [9.17, 15) is 19.8 Å². The van der Waals surface area contributed by atoms with Gasteiger partial charge in [0, 0.05) is 29.7 Å². The summed E-state index contributed by atoms with van der Waals surface area (Å²) in [5, 5.41) is 28.8. The molecule has 0 radical (unpaired) electrons. The van der Waals surface area contributed by atoms with E-state index in [1.54, 1.807) is 27.3 Å². The Balaban J connectivity index is 1.36. The molecule has 3 aliphatic rings. The Kier molecular flexibility index (Phi) is 9.45. The standard InChI is InChI=1S/C41H44N2O9/c1-22(2)51-36-27(23(3)48-6)19-30(49-20-24-13-9-7-10-14-24)32-28(36)17-26-18-29-34(43(4)5)37-33(39(46)41(29,47)38(45)31(26)35(32)44)40(42-52-37)50-21-25-15-11-8-12-16-25/h7-16,19,22-23,26,29,34,44,47H,17-18,20-21H2,1-6H3/t23?,26-,29-,34-,41-/m0/s1. The van der Waals surface area contributed by atoms with Gasteiger partial charge in [-0.15, -0.1) is 0 Å². The highest BCUT2D eigenvalue weighted by atomic mass is 16.5. The lowest BCUT2D eigenvalue weighted by atomic mass is 9.57. The van der Waals surface area contributed by atoms with Crippen molar-refractivity contribution >= 4 is 17.3 Å². The lowest BCUT2D eigenvalue weighted by Gasteiger charge is -2.49. The summed E-state index contributed by atoms with van der Waals surface area (Å²) in [4.78, 5) is 31.1. The highest BCUT2D eigenvalue weighted by Crippen LogP contribution is 2.57. The van der Waals surface area contributed by atoms with Crippen LogP contribution in [-0.2, 0) is 29.2 Å². The van der Waals surface area contributed by atoms with E-state index in [0.717, 1.165) is 16.7 Å². The van der Waals surface area contributed by atoms with Gasteiger partial charge in [-0.05, 0) is 76.0 Å². The summed E-state index contributed by atoms with van der Waals surface area (Å²) in [5.41, 5.74) is 0.831. The zero-order chi connectivity index (χ0) is 36.9. The second-order valence-corrected chi connectivity index (χ2v) is 14.3. The van der Waals surface area contributed by atoms with Crippen molar-refractivity contribution in [3.8, 4) is 17.4 Å². The van der Waals surface area contributed by atoms with Crippen molar-refractivity contribution in [1.29, 1.82) is 0 Å². The Morgan fingerprint density at radius 2 is 1.58 bits per heavy atom. The first-order chi connectivity index (χ1) is 24.9. The van der Waals surface area contributed by atoms with E-state index < -0.39 is 35.0 Å². The first-order valence-electron chi connectivity index (χ1n) is 17.6. The third kappa shape index (κ3) is 5.86. The number of aliphatic hydroxyl groups excluding tert-OH is 1. The Bertz CT molecular complexity index is 2020. The van der Waals surface area contributed by atoms with Crippen LogP contribution in [0.5, 0.6) is 17.4 Å². The first kappa shape index (κ1) is 35.4. The molecule has 5 atom stereocenters. The molecule has 0 aliphatic heterocycles. The van der Waals surface area contributed by atoms with Gasteiger partial charge in [-0.25, -0.2) is 0 Å². The van der Waals surface area contributed by atoms with E-state index in [4.69, 9.17) is 23.5 Å². The van der Waals surface area contributed by atoms with Gasteiger partial charge in [0.25, 0.3) is 5.88 Å². The molecule has 0 bridgehead atoms. The first-order valence-corrected chi connectivity index (χ1v) is 17.6. The Hall–Kier alpha value is -4.97. The molecule has 272 valence electrons. The van der Waals surface area contributed by atoms with Gasteiger partial charge in [0.05, 0.1) is 23.8 Å². The average molecular weight is 709 g/mol. The quantitative estimate of drug-likeness (QED) is 0.163. The Labute approximate surface area is 302 Å². The number of fused-ring (bicyclic) bond motifs is 4. The number of Topliss-reactive ketones (excluding diaryl/α,β-unsaturated/α-hetero) is 2. The van der Waals surface area contributed by atoms with Crippen LogP contribution in [0.4, 0.5) is 0 Å². The molecule has 3 aliphatic carbocycles. The van der Waals surface area contributed by atoms with Crippen molar-refractivity contribution < 1.29 is 43.3 Å². The molecule has 52 heavy (non-hydrogen) atoms. The molecule has 4 aromatic rings. The van der Waals surface area contributed by atoms with Crippen molar-refractivity contribution in [1.82, 2.24) is 10.1 Å². The fourth-order valence-corrected chi connectivity index (χ4v) is 7.96. The molecular formula is C41H44N2O9. The van der Waals surface area contributed by atoms with Gasteiger partial charge in [-0.1, -0.05) is 60.7 Å². The molecule has 3 aromatic carbocycles. The number of carbonyl (C=O) groups excluding carboxylic acids is 2. The normalized spacial score (nSPS) is 22.8. The van der Waals surface area contributed by atoms with Gasteiger partial charge < -0.3 is 33.7 Å². The minimum absolute atomic E-state index is 0.0173. The minimum atomic E-state index is -2.53. The largest absolute Gasteiger partial charge is 0.507 e. The molecule has 0 spiro atoms. The van der Waals surface area contributed by atoms with Gasteiger partial charge >= 0.3 is 0 Å². The lowest BCUT2D eigenvalue weighted by molar-refractivity contribution is -0.142. The van der Waals surface area contributed by atoms with Crippen LogP contribution in [0.2, 0.25) is 0 Å². The number of ether oxygens (including phenoxy) is 4. The number of hydrogen-bond donors (Lipinski definition) is 2. The fraction of sp³-hybridized carbons (Fsp3) is 0.390. The number of rotatable bonds is 11. The van der Waals surface area contributed by atoms with Gasteiger partial charge in [0.1, 0.15) is 36.0 Å². The Morgan fingerprint density at radius 3 is 2.17 bits per heavy atom. The van der Waals surface area contributed by atoms with Crippen molar-refractivity contribution in [2.75, 3.05) is 21.2 Å². The van der Waals surface area contributed by atoms with Crippen LogP contribution in [0.15, 0.2) is 76.8 Å². The van der Waals surface area contributed by atoms with E-state index in [1.165, 1.54) is 0 Å². The predicted molar refractivity (Wildman–Crippen MR) is 191 cm³/mol. The van der Waals surface area contributed by atoms with E-state index in [0.29, 0.717) is 22.6 Å². The summed E-state index contributed by atoms with van der Waals surface area (Å²) in [6.45, 7) is 6.03. The van der Waals surface area contributed by atoms with Crippen LogP contribution in [0.1, 0.15) is 83.3 Å². The van der Waals surface area contributed by atoms with Crippen LogP contribution in [0.25, 0.3) is 5.76 Å². The smallest absolute Gasteiger partial charge is 0.265 e. The van der Waals surface area contributed by atoms with E-state index in [2.05, 4.69) is 5.16 Å². The van der Waals surface area contributed by atoms with E-state index in [-0.39, 0.29) is 66.8 Å². The fourth-order valence-electron chi connectivity index (χ4n) is 7.96. The second kappa shape index (κ2) is 13.9. The van der Waals surface area contributed by atoms with Gasteiger partial charge in [-0.2, -0.15) is 0 Å². The number of hydrogen-bond acceptors (Lipinski definition) is 11. The van der Waals surface area contributed by atoms with Crippen LogP contribution in [0.3, 0.4) is 0 Å². The maximum absolute atomic E-state index is 14.8. The maximum atomic E-state index is 14.8. The second-order valence-electron chi connectivity index (χ2n) is 14.3. The topological polar surface area (TPSA) is 141 Å². The summed E-state index contributed by atoms with van der Waals surface area (Å²) in [7, 11) is 5.20. The van der Waals surface area contributed by atoms with Crippen molar-refractivity contribution in [3.63, 3.8) is 0 Å². The maximum Gasteiger partial charge on any atom is 0.265 e. The van der Waals surface area contributed by atoms with E-state index in [1.807, 2.05) is 86.3 Å². The zero-order valence-electron chi connectivity index (χ0n) is 30.2. The molecule has 0 saturated heterocycles. The van der Waals surface area contributed by atoms with Crippen molar-refractivity contribution in [2.45, 2.75) is 70.7 Å². The lowest BCUT2D eigenvalue weighted by Crippen LogP contribution is -2.63. The number of aliphatic hydroxyl groups is 2. The number of methoxy groups -OCH3 is 1. The number of benzene rings is 3.